The van der Waals surface area contributed by atoms with Gasteiger partial charge in [-0.3, -0.25) is 0 Å². The van der Waals surface area contributed by atoms with Crippen molar-refractivity contribution in [1.82, 2.24) is 0 Å². The van der Waals surface area contributed by atoms with Gasteiger partial charge in [-0.25, -0.2) is 0 Å². The van der Waals surface area contributed by atoms with E-state index in [0.717, 1.165) is 30.7 Å². The highest BCUT2D eigenvalue weighted by molar-refractivity contribution is 5.65. The summed E-state index contributed by atoms with van der Waals surface area (Å²) in [7, 11) is 1.72. The van der Waals surface area contributed by atoms with Gasteiger partial charge in [-0.05, 0) is 42.7 Å². The summed E-state index contributed by atoms with van der Waals surface area (Å²) in [4.78, 5) is 0. The second-order valence-electron chi connectivity index (χ2n) is 3.85. The van der Waals surface area contributed by atoms with Crippen LogP contribution in [0.2, 0.25) is 0 Å². The average molecular weight is 249 g/mol. The Hall–Kier alpha value is -1.44. The summed E-state index contributed by atoms with van der Waals surface area (Å²) in [6.45, 7) is 8.28. The van der Waals surface area contributed by atoms with Crippen molar-refractivity contribution in [2.45, 2.75) is 47.0 Å². The van der Waals surface area contributed by atoms with Crippen molar-refractivity contribution in [2.24, 2.45) is 0 Å². The lowest BCUT2D eigenvalue weighted by Crippen LogP contribution is -1.97. The Labute approximate surface area is 112 Å². The summed E-state index contributed by atoms with van der Waals surface area (Å²) >= 11 is 0. The van der Waals surface area contributed by atoms with Gasteiger partial charge in [0.15, 0.2) is 0 Å². The number of ether oxygens (including phenoxy) is 1. The molecule has 0 radical (unpaired) electrons. The zero-order valence-corrected chi connectivity index (χ0v) is 12.4. The first-order chi connectivity index (χ1) is 8.72. The summed E-state index contributed by atoms with van der Waals surface area (Å²) in [6, 6.07) is 6.02. The zero-order valence-electron chi connectivity index (χ0n) is 12.4. The molecule has 0 heterocycles. The van der Waals surface area contributed by atoms with E-state index in [1.54, 1.807) is 7.11 Å². The molecule has 0 aliphatic carbocycles. The normalized spacial score (nSPS) is 10.6. The molecule has 1 aromatic carbocycles. The van der Waals surface area contributed by atoms with Crippen LogP contribution in [-0.4, -0.2) is 7.11 Å². The van der Waals surface area contributed by atoms with Crippen LogP contribution < -0.4 is 5.73 Å². The number of methoxy groups -OCH3 is 1. The van der Waals surface area contributed by atoms with E-state index in [-0.39, 0.29) is 0 Å². The minimum Gasteiger partial charge on any atom is -0.496 e. The molecule has 0 saturated carbocycles. The van der Waals surface area contributed by atoms with Crippen LogP contribution in [0.4, 0.5) is 5.69 Å². The van der Waals surface area contributed by atoms with Crippen LogP contribution in [-0.2, 0) is 11.2 Å². The Morgan fingerprint density at radius 3 is 2.44 bits per heavy atom. The van der Waals surface area contributed by atoms with Gasteiger partial charge in [0, 0.05) is 11.3 Å². The highest BCUT2D eigenvalue weighted by Crippen LogP contribution is 2.24. The van der Waals surface area contributed by atoms with E-state index in [0.29, 0.717) is 0 Å². The van der Waals surface area contributed by atoms with E-state index in [9.17, 15) is 0 Å². The first kappa shape index (κ1) is 16.6. The number of rotatable bonds is 5. The zero-order chi connectivity index (χ0) is 14.0. The Morgan fingerprint density at radius 2 is 1.94 bits per heavy atom. The number of benzene rings is 1. The molecule has 0 aliphatic heterocycles. The van der Waals surface area contributed by atoms with Crippen molar-refractivity contribution in [1.29, 1.82) is 0 Å². The number of nitrogens with two attached hydrogens (primary N) is 1. The number of aryl methyl sites for hydroxylation is 1. The number of hydrogen-bond donors (Lipinski definition) is 1. The quantitative estimate of drug-likeness (QED) is 0.609. The third kappa shape index (κ3) is 4.82. The van der Waals surface area contributed by atoms with Gasteiger partial charge in [0.25, 0.3) is 0 Å². The SMILES string of the molecule is CC.CCC=C(OC)c1ccc(N)cc1CCC. The Kier molecular flexibility index (Phi) is 8.81. The van der Waals surface area contributed by atoms with Crippen LogP contribution in [0.25, 0.3) is 5.76 Å². The smallest absolute Gasteiger partial charge is 0.122 e. The predicted octanol–water partition coefficient (Wildman–Crippen LogP) is 4.64. The maximum Gasteiger partial charge on any atom is 0.122 e. The lowest BCUT2D eigenvalue weighted by molar-refractivity contribution is 0.368. The van der Waals surface area contributed by atoms with Crippen LogP contribution in [0, 0.1) is 0 Å². The Morgan fingerprint density at radius 1 is 1.28 bits per heavy atom. The van der Waals surface area contributed by atoms with Gasteiger partial charge in [0.2, 0.25) is 0 Å². The molecule has 0 aromatic heterocycles. The first-order valence-electron chi connectivity index (χ1n) is 6.85. The minimum atomic E-state index is 0.819. The number of hydrogen-bond acceptors (Lipinski definition) is 2. The summed E-state index contributed by atoms with van der Waals surface area (Å²) in [5, 5.41) is 0. The molecule has 2 nitrogen and oxygen atoms in total. The third-order valence-electron chi connectivity index (χ3n) is 2.52. The number of anilines is 1. The molecule has 0 unspecified atom stereocenters. The van der Waals surface area contributed by atoms with Crippen molar-refractivity contribution in [3.63, 3.8) is 0 Å². The van der Waals surface area contributed by atoms with Crippen molar-refractivity contribution in [3.8, 4) is 0 Å². The summed E-state index contributed by atoms with van der Waals surface area (Å²) in [6.07, 6.45) is 5.22. The van der Waals surface area contributed by atoms with Crippen molar-refractivity contribution in [2.75, 3.05) is 12.8 Å². The van der Waals surface area contributed by atoms with Crippen LogP contribution in [0.5, 0.6) is 0 Å². The van der Waals surface area contributed by atoms with E-state index in [4.69, 9.17) is 10.5 Å². The fourth-order valence-electron chi connectivity index (χ4n) is 1.82. The highest BCUT2D eigenvalue weighted by Gasteiger charge is 2.07. The molecule has 0 fully saturated rings. The fraction of sp³-hybridized carbons (Fsp3) is 0.500. The molecular weight excluding hydrogens is 222 g/mol. The summed E-state index contributed by atoms with van der Waals surface area (Å²) < 4.78 is 5.42. The standard InChI is InChI=1S/C14H21NO.C2H6/c1-4-6-11-10-12(15)8-9-13(11)14(16-3)7-5-2;1-2/h7-10H,4-6,15H2,1-3H3;1-2H3. The van der Waals surface area contributed by atoms with Crippen molar-refractivity contribution < 1.29 is 4.74 Å². The van der Waals surface area contributed by atoms with E-state index in [1.807, 2.05) is 32.0 Å². The van der Waals surface area contributed by atoms with Gasteiger partial charge in [-0.1, -0.05) is 34.1 Å². The molecule has 2 heteroatoms. The molecule has 102 valence electrons. The molecular formula is C16H27NO. The average Bonchev–Trinajstić information content (AvgIpc) is 2.40. The highest BCUT2D eigenvalue weighted by atomic mass is 16.5. The topological polar surface area (TPSA) is 35.2 Å². The molecule has 0 bridgehead atoms. The van der Waals surface area contributed by atoms with Crippen LogP contribution >= 0.6 is 0 Å². The molecule has 0 spiro atoms. The van der Waals surface area contributed by atoms with Gasteiger partial charge in [0.05, 0.1) is 7.11 Å². The third-order valence-corrected chi connectivity index (χ3v) is 2.52. The monoisotopic (exact) mass is 249 g/mol. The lowest BCUT2D eigenvalue weighted by Gasteiger charge is -2.12. The van der Waals surface area contributed by atoms with Crippen LogP contribution in [0.3, 0.4) is 0 Å². The second-order valence-corrected chi connectivity index (χ2v) is 3.85. The van der Waals surface area contributed by atoms with Gasteiger partial charge < -0.3 is 10.5 Å². The minimum absolute atomic E-state index is 0.819. The van der Waals surface area contributed by atoms with Gasteiger partial charge in [0.1, 0.15) is 5.76 Å². The van der Waals surface area contributed by atoms with Crippen LogP contribution in [0.15, 0.2) is 24.3 Å². The number of nitrogen functional groups attached to an aromatic ring is 1. The molecule has 0 atom stereocenters. The maximum absolute atomic E-state index is 5.81. The molecule has 1 rings (SSSR count). The Balaban J connectivity index is 0.00000137. The molecule has 1 aromatic rings. The molecule has 0 saturated heterocycles. The summed E-state index contributed by atoms with van der Waals surface area (Å²) in [5.74, 6) is 0.950. The summed E-state index contributed by atoms with van der Waals surface area (Å²) in [5.41, 5.74) is 9.07. The van der Waals surface area contributed by atoms with Crippen molar-refractivity contribution >= 4 is 11.4 Å². The first-order valence-corrected chi connectivity index (χ1v) is 6.85. The van der Waals surface area contributed by atoms with Crippen molar-refractivity contribution in [3.05, 3.63) is 35.4 Å². The lowest BCUT2D eigenvalue weighted by atomic mass is 10.0. The van der Waals surface area contributed by atoms with Gasteiger partial charge in [-0.15, -0.1) is 0 Å². The fourth-order valence-corrected chi connectivity index (χ4v) is 1.82. The second kappa shape index (κ2) is 9.58. The van der Waals surface area contributed by atoms with Gasteiger partial charge in [-0.2, -0.15) is 0 Å². The molecule has 0 aliphatic rings. The van der Waals surface area contributed by atoms with E-state index in [2.05, 4.69) is 19.9 Å². The van der Waals surface area contributed by atoms with E-state index < -0.39 is 0 Å². The van der Waals surface area contributed by atoms with Gasteiger partial charge >= 0.3 is 0 Å². The molecule has 2 N–H and O–H groups in total. The Bertz CT molecular complexity index is 369. The maximum atomic E-state index is 5.81. The number of allylic oxidation sites excluding steroid dienone is 1. The molecule has 18 heavy (non-hydrogen) atoms. The van der Waals surface area contributed by atoms with E-state index in [1.165, 1.54) is 11.1 Å². The van der Waals surface area contributed by atoms with Crippen LogP contribution in [0.1, 0.15) is 51.7 Å². The predicted molar refractivity (Wildman–Crippen MR) is 81.5 cm³/mol. The van der Waals surface area contributed by atoms with E-state index >= 15 is 0 Å². The molecule has 0 amide bonds. The largest absolute Gasteiger partial charge is 0.496 e.